The van der Waals surface area contributed by atoms with E-state index in [-0.39, 0.29) is 22.8 Å². The summed E-state index contributed by atoms with van der Waals surface area (Å²) in [5.74, 6) is 0.0666. The van der Waals surface area contributed by atoms with E-state index in [9.17, 15) is 4.79 Å². The van der Waals surface area contributed by atoms with Crippen LogP contribution in [0, 0.1) is 13.8 Å². The number of carbonyl (C=O) groups is 1. The maximum Gasteiger partial charge on any atom is 0.188 e. The molecule has 0 spiro atoms. The van der Waals surface area contributed by atoms with Crippen LogP contribution >= 0.6 is 11.3 Å². The zero-order valence-corrected chi connectivity index (χ0v) is 12.9. The molecule has 0 saturated carbocycles. The van der Waals surface area contributed by atoms with E-state index in [1.54, 1.807) is 6.92 Å². The number of thiazole rings is 1. The second-order valence-corrected chi connectivity index (χ2v) is 4.98. The van der Waals surface area contributed by atoms with Gasteiger partial charge in [0.05, 0.1) is 10.6 Å². The molecule has 5 heteroatoms. The van der Waals surface area contributed by atoms with Crippen LogP contribution in [-0.2, 0) is 0 Å². The van der Waals surface area contributed by atoms with Crippen molar-refractivity contribution in [2.24, 2.45) is 0 Å². The number of carbonyl (C=O) groups excluding carboxylic acids is 1. The molecule has 3 nitrogen and oxygen atoms in total. The zero-order chi connectivity index (χ0) is 12.4. The normalized spacial score (nSPS) is 9.72. The molecule has 0 aliphatic heterocycles. The first-order valence-corrected chi connectivity index (χ1v) is 6.20. The zero-order valence-electron chi connectivity index (χ0n) is 10.5. The smallest absolute Gasteiger partial charge is 0.188 e. The van der Waals surface area contributed by atoms with Crippen LogP contribution < -0.4 is 22.3 Å². The van der Waals surface area contributed by atoms with E-state index >= 15 is 0 Å². The molecule has 1 N–H and O–H groups in total. The molecule has 0 fully saturated rings. The molecule has 0 aliphatic carbocycles. The summed E-state index contributed by atoms with van der Waals surface area (Å²) < 4.78 is 0. The molecule has 0 bridgehead atoms. The van der Waals surface area contributed by atoms with E-state index in [0.717, 1.165) is 21.4 Å². The Kier molecular flexibility index (Phi) is 5.04. The number of nitrogens with one attached hydrogen (secondary N) is 1. The van der Waals surface area contributed by atoms with Crippen LogP contribution in [0.3, 0.4) is 0 Å². The third-order valence-electron chi connectivity index (χ3n) is 2.42. The maximum atomic E-state index is 11.3. The Bertz CT molecular complexity index is 549. The number of Topliss-reactive ketones (excluding diaryl/α,β-unsaturated/α-hetero) is 1. The number of aromatic nitrogens is 1. The fraction of sp³-hybridized carbons (Fsp3) is 0.231. The summed E-state index contributed by atoms with van der Waals surface area (Å²) in [5, 5.41) is 3.96. The Morgan fingerprint density at radius 1 is 1.22 bits per heavy atom. The second kappa shape index (κ2) is 6.11. The summed E-state index contributed by atoms with van der Waals surface area (Å²) >= 11 is 1.39. The van der Waals surface area contributed by atoms with Crippen molar-refractivity contribution in [1.29, 1.82) is 0 Å². The third-order valence-corrected chi connectivity index (χ3v) is 3.59. The molecule has 96 valence electrons. The van der Waals surface area contributed by atoms with E-state index in [2.05, 4.69) is 10.3 Å². The molecule has 2 rings (SSSR count). The highest BCUT2D eigenvalue weighted by Gasteiger charge is 2.11. The van der Waals surface area contributed by atoms with E-state index in [0.29, 0.717) is 0 Å². The predicted octanol–water partition coefficient (Wildman–Crippen LogP) is 0.710. The summed E-state index contributed by atoms with van der Waals surface area (Å²) in [6, 6.07) is 8.07. The van der Waals surface area contributed by atoms with Gasteiger partial charge < -0.3 is 22.3 Å². The van der Waals surface area contributed by atoms with E-state index in [4.69, 9.17) is 0 Å². The maximum absolute atomic E-state index is 11.3. The molecule has 1 heterocycles. The van der Waals surface area contributed by atoms with Crippen molar-refractivity contribution < 1.29 is 21.8 Å². The Labute approximate surface area is 121 Å². The molecule has 0 radical (unpaired) electrons. The molecule has 0 saturated heterocycles. The van der Waals surface area contributed by atoms with Gasteiger partial charge in [0.15, 0.2) is 10.9 Å². The monoisotopic (exact) mass is 325 g/mol. The standard InChI is InChI=1S/C13H14N2OS.BrH/c1-8-4-6-11(7-5-8)15-13-14-9(2)12(17-13)10(3)16;/h4-7H,1-3H3,(H,14,15);1H/p-1. The lowest BCUT2D eigenvalue weighted by atomic mass is 10.2. The quantitative estimate of drug-likeness (QED) is 0.845. The summed E-state index contributed by atoms with van der Waals surface area (Å²) in [5.41, 5.74) is 2.99. The summed E-state index contributed by atoms with van der Waals surface area (Å²) in [6.07, 6.45) is 0. The number of aryl methyl sites for hydroxylation is 2. The Morgan fingerprint density at radius 2 is 1.83 bits per heavy atom. The average Bonchev–Trinajstić information content (AvgIpc) is 2.63. The van der Waals surface area contributed by atoms with E-state index in [1.807, 2.05) is 38.1 Å². The van der Waals surface area contributed by atoms with Crippen molar-refractivity contribution in [3.63, 3.8) is 0 Å². The number of nitrogens with zero attached hydrogens (tertiary/aromatic N) is 1. The molecule has 0 aliphatic rings. The van der Waals surface area contributed by atoms with E-state index < -0.39 is 0 Å². The Morgan fingerprint density at radius 3 is 2.33 bits per heavy atom. The minimum atomic E-state index is 0. The number of rotatable bonds is 3. The van der Waals surface area contributed by atoms with Gasteiger partial charge in [-0.1, -0.05) is 29.0 Å². The predicted molar refractivity (Wildman–Crippen MR) is 71.3 cm³/mol. The summed E-state index contributed by atoms with van der Waals surface area (Å²) in [4.78, 5) is 16.4. The molecular weight excluding hydrogens is 312 g/mol. The summed E-state index contributed by atoms with van der Waals surface area (Å²) in [7, 11) is 0. The van der Waals surface area contributed by atoms with Gasteiger partial charge in [-0.05, 0) is 26.0 Å². The van der Waals surface area contributed by atoms with Crippen molar-refractivity contribution in [2.75, 3.05) is 5.32 Å². The van der Waals surface area contributed by atoms with E-state index in [1.165, 1.54) is 16.9 Å². The van der Waals surface area contributed by atoms with Gasteiger partial charge in [0, 0.05) is 12.6 Å². The van der Waals surface area contributed by atoms with Crippen molar-refractivity contribution >= 4 is 27.9 Å². The van der Waals surface area contributed by atoms with Gasteiger partial charge in [-0.2, -0.15) is 0 Å². The topological polar surface area (TPSA) is 42.0 Å². The van der Waals surface area contributed by atoms with Crippen LogP contribution in [0.5, 0.6) is 0 Å². The number of ketones is 1. The average molecular weight is 326 g/mol. The lowest BCUT2D eigenvalue weighted by Crippen LogP contribution is -3.00. The minimum Gasteiger partial charge on any atom is -1.00 e. The van der Waals surface area contributed by atoms with Crippen molar-refractivity contribution in [3.05, 3.63) is 40.4 Å². The SMILES string of the molecule is CC(=O)c1sc(Nc2ccc(C)cc2)nc1C.[Br-]. The van der Waals surface area contributed by atoms with Crippen LogP contribution in [0.1, 0.15) is 27.9 Å². The molecule has 0 unspecified atom stereocenters. The fourth-order valence-corrected chi connectivity index (χ4v) is 2.42. The molecule has 0 amide bonds. The van der Waals surface area contributed by atoms with Crippen molar-refractivity contribution in [1.82, 2.24) is 4.98 Å². The van der Waals surface area contributed by atoms with Gasteiger partial charge in [0.25, 0.3) is 0 Å². The molecule has 2 aromatic rings. The second-order valence-electron chi connectivity index (χ2n) is 3.98. The molecule has 0 atom stereocenters. The van der Waals surface area contributed by atoms with Crippen LogP contribution in [-0.4, -0.2) is 10.8 Å². The molecule has 1 aromatic heterocycles. The molecule has 1 aromatic carbocycles. The highest BCUT2D eigenvalue weighted by Crippen LogP contribution is 2.26. The first-order chi connectivity index (χ1) is 8.06. The lowest BCUT2D eigenvalue weighted by molar-refractivity contribution is -0.0000118. The van der Waals surface area contributed by atoms with Crippen LogP contribution in [0.2, 0.25) is 0 Å². The summed E-state index contributed by atoms with van der Waals surface area (Å²) in [6.45, 7) is 5.47. The van der Waals surface area contributed by atoms with Gasteiger partial charge in [-0.25, -0.2) is 4.98 Å². The number of hydrogen-bond donors (Lipinski definition) is 1. The van der Waals surface area contributed by atoms with Crippen molar-refractivity contribution in [3.8, 4) is 0 Å². The van der Waals surface area contributed by atoms with Gasteiger partial charge in [-0.15, -0.1) is 0 Å². The molecular formula is C13H14BrN2OS-. The van der Waals surface area contributed by atoms with Crippen LogP contribution in [0.4, 0.5) is 10.8 Å². The number of halogens is 1. The third kappa shape index (κ3) is 3.40. The molecule has 18 heavy (non-hydrogen) atoms. The van der Waals surface area contributed by atoms with Crippen LogP contribution in [0.15, 0.2) is 24.3 Å². The first kappa shape index (κ1) is 14.9. The highest BCUT2D eigenvalue weighted by atomic mass is 79.9. The largest absolute Gasteiger partial charge is 1.00 e. The number of benzene rings is 1. The van der Waals surface area contributed by atoms with Crippen molar-refractivity contribution in [2.45, 2.75) is 20.8 Å². The fourth-order valence-electron chi connectivity index (χ4n) is 1.54. The Hall–Kier alpha value is -1.20. The Balaban J connectivity index is 0.00000162. The number of anilines is 2. The number of hydrogen-bond acceptors (Lipinski definition) is 4. The first-order valence-electron chi connectivity index (χ1n) is 5.38. The van der Waals surface area contributed by atoms with Crippen LogP contribution in [0.25, 0.3) is 0 Å². The van der Waals surface area contributed by atoms with Gasteiger partial charge in [0.2, 0.25) is 0 Å². The minimum absolute atomic E-state index is 0. The highest BCUT2D eigenvalue weighted by molar-refractivity contribution is 7.17. The van der Waals surface area contributed by atoms with Gasteiger partial charge in [-0.3, -0.25) is 4.79 Å². The van der Waals surface area contributed by atoms with Gasteiger partial charge in [0.1, 0.15) is 0 Å². The lowest BCUT2D eigenvalue weighted by Gasteiger charge is -2.01. The van der Waals surface area contributed by atoms with Gasteiger partial charge >= 0.3 is 0 Å².